The zero-order valence-electron chi connectivity index (χ0n) is 31.6. The minimum absolute atomic E-state index is 0.121. The van der Waals surface area contributed by atoms with Gasteiger partial charge in [-0.25, -0.2) is 0 Å². The van der Waals surface area contributed by atoms with E-state index in [-0.39, 0.29) is 5.84 Å². The number of nitrogens with zero attached hydrogens (tertiary/aromatic N) is 2. The lowest BCUT2D eigenvalue weighted by atomic mass is 10.1. The van der Waals surface area contributed by atoms with Crippen LogP contribution in [0.1, 0.15) is 16.7 Å². The molecule has 6 nitrogen and oxygen atoms in total. The van der Waals surface area contributed by atoms with Crippen LogP contribution in [-0.2, 0) is 6.54 Å². The average molecular weight is 740 g/mol. The normalized spacial score (nSPS) is 11.2. The molecule has 0 spiro atoms. The predicted octanol–water partition coefficient (Wildman–Crippen LogP) is 12.2. The number of aryl methyl sites for hydroxylation is 1. The Hall–Kier alpha value is -7.41. The van der Waals surface area contributed by atoms with E-state index >= 15 is 0 Å². The van der Waals surface area contributed by atoms with Gasteiger partial charge < -0.3 is 25.0 Å². The van der Waals surface area contributed by atoms with Crippen molar-refractivity contribution in [1.82, 2.24) is 9.13 Å². The zero-order valence-corrected chi connectivity index (χ0v) is 31.6. The number of furan rings is 1. The maximum Gasteiger partial charge on any atom is 0.145 e. The number of benzene rings is 8. The summed E-state index contributed by atoms with van der Waals surface area (Å²) in [4.78, 5) is 0. The van der Waals surface area contributed by atoms with Crippen molar-refractivity contribution < 1.29 is 4.42 Å². The number of rotatable bonds is 4. The molecule has 3 heterocycles. The van der Waals surface area contributed by atoms with Crippen molar-refractivity contribution in [2.24, 2.45) is 11.5 Å². The van der Waals surface area contributed by atoms with Crippen LogP contribution in [0.3, 0.4) is 0 Å². The molecule has 8 aromatic carbocycles. The number of hydrogen-bond acceptors (Lipinski definition) is 3. The van der Waals surface area contributed by atoms with Gasteiger partial charge in [0.05, 0.1) is 27.5 Å². The standard InChI is InChI=1S/C37H24N2O.C7H8N2.C7H9N/c1-23-16-17-26-27-18-20-32-35(37(27)40-33(26)22-23)29-19-21-31-34(36(29)39(32)25-12-6-3-7-13-25)28-14-8-9-15-30(28)38(31)24-10-4-2-5-11-24;8-7(9)6-4-2-1-3-5-6;8-6-7-4-2-1-3-5-7/h2-22H,1H3;1-5H,(H3,8,9);1-5H,6,8H2. The molecule has 0 radical (unpaired) electrons. The molecule has 57 heavy (non-hydrogen) atoms. The fourth-order valence-corrected chi connectivity index (χ4v) is 7.91. The summed E-state index contributed by atoms with van der Waals surface area (Å²) in [5, 5.41) is 14.2. The molecule has 5 N–H and O–H groups in total. The molecule has 11 rings (SSSR count). The molecular formula is C51H41N5O. The highest BCUT2D eigenvalue weighted by Gasteiger charge is 2.23. The van der Waals surface area contributed by atoms with Crippen LogP contribution in [-0.4, -0.2) is 15.0 Å². The van der Waals surface area contributed by atoms with Gasteiger partial charge in [0.15, 0.2) is 0 Å². The van der Waals surface area contributed by atoms with Crippen molar-refractivity contribution in [3.05, 3.63) is 205 Å². The van der Waals surface area contributed by atoms with Gasteiger partial charge in [0, 0.05) is 50.4 Å². The molecule has 0 bridgehead atoms. The summed E-state index contributed by atoms with van der Waals surface area (Å²) < 4.78 is 11.5. The number of fused-ring (bicyclic) bond motifs is 11. The molecule has 0 aliphatic heterocycles. The van der Waals surface area contributed by atoms with Crippen molar-refractivity contribution in [3.63, 3.8) is 0 Å². The fraction of sp³-hybridized carbons (Fsp3) is 0.0392. The number of aromatic nitrogens is 2. The Morgan fingerprint density at radius 2 is 1.07 bits per heavy atom. The zero-order chi connectivity index (χ0) is 38.9. The number of hydrogen-bond donors (Lipinski definition) is 3. The van der Waals surface area contributed by atoms with Crippen molar-refractivity contribution >= 4 is 71.4 Å². The van der Waals surface area contributed by atoms with Crippen LogP contribution in [0.2, 0.25) is 0 Å². The Balaban J connectivity index is 0.000000206. The molecule has 0 aliphatic carbocycles. The molecule has 3 aromatic heterocycles. The molecule has 0 fully saturated rings. The number of para-hydroxylation sites is 3. The second-order valence-electron chi connectivity index (χ2n) is 14.1. The maximum absolute atomic E-state index is 7.01. The smallest absolute Gasteiger partial charge is 0.145 e. The summed E-state index contributed by atoms with van der Waals surface area (Å²) >= 11 is 0. The van der Waals surface area contributed by atoms with E-state index in [0.717, 1.165) is 49.8 Å². The SMILES string of the molecule is Cc1ccc2c(c1)oc1c2ccc2c1c1ccc3c(c4ccccc4n3-c3ccccc3)c1n2-c1ccccc1.N=C(N)c1ccccc1.NCc1ccccc1. The first-order valence-electron chi connectivity index (χ1n) is 19.1. The van der Waals surface area contributed by atoms with Crippen LogP contribution in [0.15, 0.2) is 192 Å². The van der Waals surface area contributed by atoms with Gasteiger partial charge in [-0.15, -0.1) is 0 Å². The van der Waals surface area contributed by atoms with Crippen molar-refractivity contribution in [2.45, 2.75) is 13.5 Å². The number of nitrogens with one attached hydrogen (secondary N) is 1. The largest absolute Gasteiger partial charge is 0.455 e. The molecule has 0 aliphatic rings. The lowest BCUT2D eigenvalue weighted by molar-refractivity contribution is 0.672. The predicted molar refractivity (Wildman–Crippen MR) is 239 cm³/mol. The van der Waals surface area contributed by atoms with Crippen molar-refractivity contribution in [1.29, 1.82) is 5.41 Å². The summed E-state index contributed by atoms with van der Waals surface area (Å²) in [6.45, 7) is 2.75. The van der Waals surface area contributed by atoms with E-state index in [1.165, 1.54) is 43.8 Å². The van der Waals surface area contributed by atoms with Crippen LogP contribution in [0.25, 0.3) is 76.9 Å². The molecule has 11 aromatic rings. The number of nitrogen functional groups attached to an aromatic ring is 1. The Bertz CT molecular complexity index is 3180. The van der Waals surface area contributed by atoms with Gasteiger partial charge in [0.25, 0.3) is 0 Å². The topological polar surface area (TPSA) is 98.9 Å². The number of nitrogens with two attached hydrogens (primary N) is 2. The third-order valence-corrected chi connectivity index (χ3v) is 10.5. The maximum atomic E-state index is 7.01. The second kappa shape index (κ2) is 15.0. The first-order valence-corrected chi connectivity index (χ1v) is 19.1. The van der Waals surface area contributed by atoms with Crippen molar-refractivity contribution in [3.8, 4) is 11.4 Å². The summed E-state index contributed by atoms with van der Waals surface area (Å²) in [6.07, 6.45) is 0. The lowest BCUT2D eigenvalue weighted by Crippen LogP contribution is -2.10. The summed E-state index contributed by atoms with van der Waals surface area (Å²) in [6, 6.07) is 64.9. The summed E-state index contributed by atoms with van der Waals surface area (Å²) in [5.74, 6) is 0.121. The van der Waals surface area contributed by atoms with E-state index in [9.17, 15) is 0 Å². The van der Waals surface area contributed by atoms with Crippen LogP contribution in [0, 0.1) is 12.3 Å². The fourth-order valence-electron chi connectivity index (χ4n) is 7.91. The lowest BCUT2D eigenvalue weighted by Gasteiger charge is -2.10. The van der Waals surface area contributed by atoms with E-state index < -0.39 is 0 Å². The quantitative estimate of drug-likeness (QED) is 0.124. The Morgan fingerprint density at radius 3 is 1.68 bits per heavy atom. The molecule has 0 amide bonds. The molecule has 0 saturated carbocycles. The minimum atomic E-state index is 0.121. The summed E-state index contributed by atoms with van der Waals surface area (Å²) in [7, 11) is 0. The Labute approximate surface area is 330 Å². The second-order valence-corrected chi connectivity index (χ2v) is 14.1. The monoisotopic (exact) mass is 739 g/mol. The highest BCUT2D eigenvalue weighted by atomic mass is 16.3. The summed E-state index contributed by atoms with van der Waals surface area (Å²) in [5.41, 5.74) is 22.6. The molecular weight excluding hydrogens is 699 g/mol. The van der Waals surface area contributed by atoms with E-state index in [1.54, 1.807) is 0 Å². The first kappa shape index (κ1) is 35.3. The average Bonchev–Trinajstić information content (AvgIpc) is 3.92. The van der Waals surface area contributed by atoms with Gasteiger partial charge in [0.2, 0.25) is 0 Å². The highest BCUT2D eigenvalue weighted by Crippen LogP contribution is 2.45. The van der Waals surface area contributed by atoms with E-state index in [0.29, 0.717) is 6.54 Å². The van der Waals surface area contributed by atoms with Crippen LogP contribution in [0.5, 0.6) is 0 Å². The first-order chi connectivity index (χ1) is 28.0. The molecule has 6 heteroatoms. The van der Waals surface area contributed by atoms with Gasteiger partial charge in [0.1, 0.15) is 17.0 Å². The van der Waals surface area contributed by atoms with Gasteiger partial charge in [-0.2, -0.15) is 0 Å². The van der Waals surface area contributed by atoms with Gasteiger partial charge in [-0.3, -0.25) is 5.41 Å². The number of amidine groups is 1. The Morgan fingerprint density at radius 1 is 0.526 bits per heavy atom. The van der Waals surface area contributed by atoms with Crippen LogP contribution in [0.4, 0.5) is 0 Å². The molecule has 0 atom stereocenters. The minimum Gasteiger partial charge on any atom is -0.455 e. The molecule has 276 valence electrons. The van der Waals surface area contributed by atoms with Gasteiger partial charge >= 0.3 is 0 Å². The van der Waals surface area contributed by atoms with E-state index in [4.69, 9.17) is 21.3 Å². The van der Waals surface area contributed by atoms with Crippen molar-refractivity contribution in [2.75, 3.05) is 0 Å². The van der Waals surface area contributed by atoms with Gasteiger partial charge in [-0.05, 0) is 78.7 Å². The molecule has 0 unspecified atom stereocenters. The third kappa shape index (κ3) is 6.38. The van der Waals surface area contributed by atoms with E-state index in [1.807, 2.05) is 60.7 Å². The third-order valence-electron chi connectivity index (χ3n) is 10.5. The molecule has 0 saturated heterocycles. The van der Waals surface area contributed by atoms with Crippen LogP contribution < -0.4 is 11.5 Å². The highest BCUT2D eigenvalue weighted by molar-refractivity contribution is 6.31. The Kier molecular flexibility index (Phi) is 9.30. The van der Waals surface area contributed by atoms with Gasteiger partial charge in [-0.1, -0.05) is 127 Å². The van der Waals surface area contributed by atoms with Crippen LogP contribution >= 0.6 is 0 Å². The van der Waals surface area contributed by atoms with E-state index in [2.05, 4.69) is 143 Å².